The molecule has 1 aliphatic carbocycles. The van der Waals surface area contributed by atoms with Crippen LogP contribution in [0.15, 0.2) is 24.3 Å². The number of hydrogen-bond acceptors (Lipinski definition) is 3. The molecule has 4 saturated heterocycles. The molecule has 1 aromatic carbocycles. The predicted octanol–water partition coefficient (Wildman–Crippen LogP) is 1.70. The normalized spacial score (nSPS) is 57.1. The lowest BCUT2D eigenvalue weighted by Crippen LogP contribution is -2.81. The average molecular weight is 341 g/mol. The van der Waals surface area contributed by atoms with Crippen LogP contribution >= 0.6 is 0 Å². The van der Waals surface area contributed by atoms with Crippen LogP contribution in [0.25, 0.3) is 0 Å². The summed E-state index contributed by atoms with van der Waals surface area (Å²) in [5.41, 5.74) is 2.54. The van der Waals surface area contributed by atoms with E-state index in [-0.39, 0.29) is 17.7 Å². The summed E-state index contributed by atoms with van der Waals surface area (Å²) in [5, 5.41) is 23.1. The Bertz CT molecular complexity index is 768. The minimum Gasteiger partial charge on any atom is -0.392 e. The van der Waals surface area contributed by atoms with Crippen molar-refractivity contribution in [3.63, 3.8) is 0 Å². The Morgan fingerprint density at radius 3 is 2.76 bits per heavy atom. The highest BCUT2D eigenvalue weighted by molar-refractivity contribution is 5.66. The van der Waals surface area contributed by atoms with Crippen molar-refractivity contribution in [2.24, 2.45) is 17.8 Å². The molecule has 0 radical (unpaired) electrons. The fourth-order valence-corrected chi connectivity index (χ4v) is 8.58. The standard InChI is InChI=1S/C21H29N2O2/c1-4-11-12-9-15-18-21(13-7-5-6-8-14(13)22(18)2)10-16(17(12)19(21)24)23(15,3)20(11)25/h5-8,11-12,15-20,24-25H,4,9-10H2,1-3H3/q+1/t11-,12-,15-,16-,17-,18-,19+,20+,21+,23?/m0/s1. The molecule has 5 heterocycles. The first-order chi connectivity index (χ1) is 12.0. The summed E-state index contributed by atoms with van der Waals surface area (Å²) >= 11 is 0. The molecule has 5 fully saturated rings. The Hall–Kier alpha value is -1.10. The van der Waals surface area contributed by atoms with Crippen LogP contribution in [0.4, 0.5) is 5.69 Å². The monoisotopic (exact) mass is 341 g/mol. The van der Waals surface area contributed by atoms with Gasteiger partial charge in [-0.05, 0) is 24.0 Å². The Labute approximate surface area is 149 Å². The first kappa shape index (κ1) is 15.0. The molecule has 1 aromatic rings. The van der Waals surface area contributed by atoms with Crippen LogP contribution in [0, 0.1) is 17.8 Å². The van der Waals surface area contributed by atoms with Crippen molar-refractivity contribution >= 4 is 5.69 Å². The molecular formula is C21H29N2O2+. The maximum absolute atomic E-state index is 11.7. The van der Waals surface area contributed by atoms with Gasteiger partial charge in [-0.15, -0.1) is 0 Å². The number of para-hydroxylation sites is 1. The van der Waals surface area contributed by atoms with Gasteiger partial charge in [-0.2, -0.15) is 0 Å². The van der Waals surface area contributed by atoms with Gasteiger partial charge in [-0.1, -0.05) is 25.1 Å². The molecule has 5 bridgehead atoms. The Balaban J connectivity index is 1.63. The summed E-state index contributed by atoms with van der Waals surface area (Å²) in [5.74, 6) is 1.17. The van der Waals surface area contributed by atoms with E-state index < -0.39 is 0 Å². The van der Waals surface area contributed by atoms with Crippen molar-refractivity contribution in [1.82, 2.24) is 0 Å². The lowest BCUT2D eigenvalue weighted by Gasteiger charge is -2.66. The van der Waals surface area contributed by atoms with E-state index in [1.807, 2.05) is 0 Å². The zero-order chi connectivity index (χ0) is 17.3. The largest absolute Gasteiger partial charge is 0.392 e. The summed E-state index contributed by atoms with van der Waals surface area (Å²) < 4.78 is 0.779. The van der Waals surface area contributed by atoms with E-state index in [9.17, 15) is 10.2 Å². The van der Waals surface area contributed by atoms with Gasteiger partial charge < -0.3 is 15.1 Å². The number of rotatable bonds is 1. The molecule has 25 heavy (non-hydrogen) atoms. The highest BCUT2D eigenvalue weighted by Gasteiger charge is 2.82. The van der Waals surface area contributed by atoms with Crippen molar-refractivity contribution in [1.29, 1.82) is 0 Å². The number of quaternary nitrogens is 1. The third kappa shape index (κ3) is 1.27. The topological polar surface area (TPSA) is 43.7 Å². The van der Waals surface area contributed by atoms with Gasteiger partial charge in [0.05, 0.1) is 30.7 Å². The number of fused-ring (bicyclic) bond motifs is 2. The maximum atomic E-state index is 11.7. The van der Waals surface area contributed by atoms with Crippen LogP contribution in [0.1, 0.15) is 31.7 Å². The van der Waals surface area contributed by atoms with E-state index in [0.717, 1.165) is 23.7 Å². The van der Waals surface area contributed by atoms with E-state index in [4.69, 9.17) is 0 Å². The second kappa shape index (κ2) is 4.24. The molecule has 10 atom stereocenters. The van der Waals surface area contributed by atoms with Gasteiger partial charge in [0, 0.05) is 37.4 Å². The summed E-state index contributed by atoms with van der Waals surface area (Å²) in [6, 6.07) is 9.87. The second-order valence-electron chi connectivity index (χ2n) is 9.58. The van der Waals surface area contributed by atoms with Crippen LogP contribution < -0.4 is 4.90 Å². The molecule has 134 valence electrons. The molecule has 1 spiro atoms. The van der Waals surface area contributed by atoms with Gasteiger partial charge in [-0.3, -0.25) is 4.48 Å². The lowest BCUT2D eigenvalue weighted by molar-refractivity contribution is -1.02. The molecule has 1 saturated carbocycles. The molecule has 0 aromatic heterocycles. The summed E-state index contributed by atoms with van der Waals surface area (Å²) in [7, 11) is 4.51. The molecule has 7 rings (SSSR count). The molecule has 4 nitrogen and oxygen atoms in total. The van der Waals surface area contributed by atoms with Crippen LogP contribution in [0.5, 0.6) is 0 Å². The fraction of sp³-hybridized carbons (Fsp3) is 0.714. The van der Waals surface area contributed by atoms with E-state index in [2.05, 4.69) is 50.2 Å². The number of anilines is 1. The minimum absolute atomic E-state index is 0.125. The van der Waals surface area contributed by atoms with Gasteiger partial charge >= 0.3 is 0 Å². The molecule has 5 aliphatic heterocycles. The first-order valence-electron chi connectivity index (χ1n) is 10.0. The number of hydrogen-bond donors (Lipinski definition) is 2. The van der Waals surface area contributed by atoms with Gasteiger partial charge in [0.15, 0.2) is 6.23 Å². The minimum atomic E-state index is -0.273. The number of nitrogens with zero attached hydrogens (tertiary/aromatic N) is 2. The van der Waals surface area contributed by atoms with Gasteiger partial charge in [0.1, 0.15) is 6.04 Å². The van der Waals surface area contributed by atoms with E-state index in [1.165, 1.54) is 11.3 Å². The zero-order valence-corrected chi connectivity index (χ0v) is 15.3. The number of piperidine rings is 4. The number of aliphatic hydroxyl groups excluding tert-OH is 2. The molecular weight excluding hydrogens is 312 g/mol. The Morgan fingerprint density at radius 1 is 1.24 bits per heavy atom. The third-order valence-corrected chi connectivity index (χ3v) is 9.39. The quantitative estimate of drug-likeness (QED) is 0.764. The number of benzene rings is 1. The van der Waals surface area contributed by atoms with E-state index in [1.54, 1.807) is 0 Å². The van der Waals surface area contributed by atoms with Crippen molar-refractivity contribution in [2.45, 2.75) is 62.1 Å². The highest BCUT2D eigenvalue weighted by atomic mass is 16.3. The number of aliphatic hydroxyl groups is 2. The van der Waals surface area contributed by atoms with Crippen molar-refractivity contribution in [2.75, 3.05) is 19.0 Å². The third-order valence-electron chi connectivity index (χ3n) is 9.39. The molecule has 6 aliphatic rings. The van der Waals surface area contributed by atoms with Crippen molar-refractivity contribution in [3.05, 3.63) is 29.8 Å². The smallest absolute Gasteiger partial charge is 0.193 e. The predicted molar refractivity (Wildman–Crippen MR) is 96.1 cm³/mol. The summed E-state index contributed by atoms with van der Waals surface area (Å²) in [4.78, 5) is 2.44. The second-order valence-corrected chi connectivity index (χ2v) is 9.58. The van der Waals surface area contributed by atoms with Crippen LogP contribution in [0.2, 0.25) is 0 Å². The summed E-state index contributed by atoms with van der Waals surface area (Å²) in [6.45, 7) is 2.21. The van der Waals surface area contributed by atoms with Crippen LogP contribution in [0.3, 0.4) is 0 Å². The molecule has 4 heteroatoms. The Morgan fingerprint density at radius 2 is 2.00 bits per heavy atom. The average Bonchev–Trinajstić information content (AvgIpc) is 2.99. The lowest BCUT2D eigenvalue weighted by atomic mass is 9.61. The summed E-state index contributed by atoms with van der Waals surface area (Å²) in [6.07, 6.45) is 2.67. The van der Waals surface area contributed by atoms with Gasteiger partial charge in [0.25, 0.3) is 0 Å². The SMILES string of the molecule is CC[C@H]1[C@@H]2C[C@H]3[C@@H]4N(C)c5ccccc5[C@]45C[C@@H]([C@H]2[C@H]5O)[N+]3(C)[C@@H]1O. The van der Waals surface area contributed by atoms with Gasteiger partial charge in [0.2, 0.25) is 0 Å². The highest BCUT2D eigenvalue weighted by Crippen LogP contribution is 2.70. The van der Waals surface area contributed by atoms with Gasteiger partial charge in [-0.25, -0.2) is 0 Å². The first-order valence-corrected chi connectivity index (χ1v) is 10.0. The molecule has 0 amide bonds. The maximum Gasteiger partial charge on any atom is 0.193 e. The number of likely N-dealkylation sites (N-methyl/N-ethyl adjacent to an activating group) is 2. The van der Waals surface area contributed by atoms with E-state index in [0.29, 0.717) is 35.9 Å². The molecule has 2 N–H and O–H groups in total. The van der Waals surface area contributed by atoms with Crippen LogP contribution in [-0.2, 0) is 5.41 Å². The van der Waals surface area contributed by atoms with Crippen LogP contribution in [-0.4, -0.2) is 59.2 Å². The molecule has 1 unspecified atom stereocenters. The van der Waals surface area contributed by atoms with Crippen molar-refractivity contribution in [3.8, 4) is 0 Å². The fourth-order valence-electron chi connectivity index (χ4n) is 8.58. The Kier molecular flexibility index (Phi) is 2.54. The van der Waals surface area contributed by atoms with Crippen molar-refractivity contribution < 1.29 is 14.7 Å². The zero-order valence-electron chi connectivity index (χ0n) is 15.3. The van der Waals surface area contributed by atoms with E-state index >= 15 is 0 Å².